The molecule has 152 valence electrons. The first-order valence-electron chi connectivity index (χ1n) is 9.59. The van der Waals surface area contributed by atoms with Crippen molar-refractivity contribution in [2.75, 3.05) is 39.3 Å². The molecule has 1 atom stereocenters. The van der Waals surface area contributed by atoms with Gasteiger partial charge in [-0.15, -0.1) is 35.3 Å². The number of aliphatic hydroxyl groups is 1. The van der Waals surface area contributed by atoms with E-state index in [1.165, 1.54) is 10.1 Å². The lowest BCUT2D eigenvalue weighted by atomic mass is 10.2. The molecule has 0 aliphatic rings. The number of hydrogen-bond acceptors (Lipinski definition) is 4. The molecule has 2 aromatic rings. The standard InChI is InChI=1S/C20H32N4OS.HI/c1-4-21-20(22-12-9-13-24(5-2)6-3)23-15-17(25)19-14-16-10-7-8-11-18(16)26-19;/h7-8,10-11,14,17,25H,4-6,9,12-13,15H2,1-3H3,(H2,21,22,23);1H. The van der Waals surface area contributed by atoms with E-state index < -0.39 is 6.10 Å². The number of fused-ring (bicyclic) bond motifs is 1. The molecule has 0 aliphatic heterocycles. The summed E-state index contributed by atoms with van der Waals surface area (Å²) >= 11 is 1.63. The predicted octanol–water partition coefficient (Wildman–Crippen LogP) is 3.84. The normalized spacial score (nSPS) is 12.9. The van der Waals surface area contributed by atoms with Crippen molar-refractivity contribution < 1.29 is 5.11 Å². The Labute approximate surface area is 184 Å². The van der Waals surface area contributed by atoms with Crippen LogP contribution >= 0.6 is 35.3 Å². The van der Waals surface area contributed by atoms with E-state index in [9.17, 15) is 5.11 Å². The van der Waals surface area contributed by atoms with E-state index >= 15 is 0 Å². The van der Waals surface area contributed by atoms with Crippen LogP contribution < -0.4 is 10.6 Å². The average molecular weight is 504 g/mol. The second-order valence-electron chi connectivity index (χ2n) is 6.23. The molecule has 7 heteroatoms. The summed E-state index contributed by atoms with van der Waals surface area (Å²) < 4.78 is 1.20. The van der Waals surface area contributed by atoms with Gasteiger partial charge in [0, 0.05) is 22.7 Å². The Morgan fingerprint density at radius 1 is 1.19 bits per heavy atom. The van der Waals surface area contributed by atoms with Gasteiger partial charge >= 0.3 is 0 Å². The van der Waals surface area contributed by atoms with Crippen LogP contribution in [-0.4, -0.2) is 55.2 Å². The van der Waals surface area contributed by atoms with Crippen molar-refractivity contribution in [2.45, 2.75) is 33.3 Å². The number of benzene rings is 1. The first-order chi connectivity index (χ1) is 12.7. The quantitative estimate of drug-likeness (QED) is 0.199. The molecule has 2 rings (SSSR count). The molecule has 0 fully saturated rings. The molecular weight excluding hydrogens is 471 g/mol. The van der Waals surface area contributed by atoms with Crippen molar-refractivity contribution in [2.24, 2.45) is 4.99 Å². The van der Waals surface area contributed by atoms with Crippen LogP contribution in [0.3, 0.4) is 0 Å². The molecule has 0 saturated carbocycles. The maximum Gasteiger partial charge on any atom is 0.191 e. The number of nitrogens with zero attached hydrogens (tertiary/aromatic N) is 2. The molecular formula is C20H33IN4OS. The number of nitrogens with one attached hydrogen (secondary N) is 2. The highest BCUT2D eigenvalue weighted by molar-refractivity contribution is 14.0. The lowest BCUT2D eigenvalue weighted by Crippen LogP contribution is -2.39. The second kappa shape index (κ2) is 13.3. The zero-order valence-electron chi connectivity index (χ0n) is 16.6. The summed E-state index contributed by atoms with van der Waals surface area (Å²) in [6, 6.07) is 10.3. The third kappa shape index (κ3) is 7.93. The van der Waals surface area contributed by atoms with Crippen molar-refractivity contribution in [1.82, 2.24) is 15.5 Å². The van der Waals surface area contributed by atoms with Crippen LogP contribution in [0.4, 0.5) is 0 Å². The van der Waals surface area contributed by atoms with E-state index in [2.05, 4.69) is 59.5 Å². The van der Waals surface area contributed by atoms with Gasteiger partial charge in [-0.05, 0) is 50.5 Å². The molecule has 1 heterocycles. The lowest BCUT2D eigenvalue weighted by Gasteiger charge is -2.18. The smallest absolute Gasteiger partial charge is 0.191 e. The molecule has 1 aromatic carbocycles. The number of guanidine groups is 1. The first-order valence-corrected chi connectivity index (χ1v) is 10.4. The van der Waals surface area contributed by atoms with Gasteiger partial charge in [0.2, 0.25) is 0 Å². The number of aliphatic hydroxyl groups excluding tert-OH is 1. The minimum absolute atomic E-state index is 0. The third-order valence-corrected chi connectivity index (χ3v) is 5.59. The number of thiophene rings is 1. The molecule has 1 unspecified atom stereocenters. The van der Waals surface area contributed by atoms with Gasteiger partial charge in [0.1, 0.15) is 6.10 Å². The Balaban J connectivity index is 0.00000364. The van der Waals surface area contributed by atoms with Gasteiger partial charge in [0.15, 0.2) is 5.96 Å². The van der Waals surface area contributed by atoms with Gasteiger partial charge in [-0.1, -0.05) is 32.0 Å². The molecule has 0 amide bonds. The summed E-state index contributed by atoms with van der Waals surface area (Å²) in [5.74, 6) is 0.771. The van der Waals surface area contributed by atoms with Crippen molar-refractivity contribution in [3.63, 3.8) is 0 Å². The predicted molar refractivity (Wildman–Crippen MR) is 129 cm³/mol. The molecule has 0 bridgehead atoms. The number of rotatable bonds is 10. The fraction of sp³-hybridized carbons (Fsp3) is 0.550. The fourth-order valence-electron chi connectivity index (χ4n) is 2.83. The second-order valence-corrected chi connectivity index (χ2v) is 7.34. The maximum absolute atomic E-state index is 10.5. The number of hydrogen-bond donors (Lipinski definition) is 3. The largest absolute Gasteiger partial charge is 0.386 e. The minimum Gasteiger partial charge on any atom is -0.386 e. The molecule has 5 nitrogen and oxygen atoms in total. The SMILES string of the molecule is CCNC(=NCC(O)c1cc2ccccc2s1)NCCCN(CC)CC.I. The minimum atomic E-state index is -0.571. The fourth-order valence-corrected chi connectivity index (χ4v) is 3.87. The van der Waals surface area contributed by atoms with Crippen molar-refractivity contribution >= 4 is 51.4 Å². The average Bonchev–Trinajstić information content (AvgIpc) is 3.10. The molecule has 27 heavy (non-hydrogen) atoms. The van der Waals surface area contributed by atoms with Crippen LogP contribution in [0.1, 0.15) is 38.2 Å². The Hall–Kier alpha value is -0.900. The maximum atomic E-state index is 10.5. The molecule has 0 saturated heterocycles. The molecule has 0 spiro atoms. The van der Waals surface area contributed by atoms with E-state index in [-0.39, 0.29) is 24.0 Å². The summed E-state index contributed by atoms with van der Waals surface area (Å²) in [4.78, 5) is 7.93. The summed E-state index contributed by atoms with van der Waals surface area (Å²) in [6.45, 7) is 11.7. The Morgan fingerprint density at radius 2 is 1.93 bits per heavy atom. The van der Waals surface area contributed by atoms with Crippen LogP contribution in [0.25, 0.3) is 10.1 Å². The highest BCUT2D eigenvalue weighted by Crippen LogP contribution is 2.29. The van der Waals surface area contributed by atoms with Crippen LogP contribution in [-0.2, 0) is 0 Å². The Morgan fingerprint density at radius 3 is 2.59 bits per heavy atom. The Kier molecular flexibility index (Phi) is 11.9. The highest BCUT2D eigenvalue weighted by Gasteiger charge is 2.11. The van der Waals surface area contributed by atoms with Gasteiger partial charge in [-0.3, -0.25) is 4.99 Å². The van der Waals surface area contributed by atoms with E-state index in [4.69, 9.17) is 0 Å². The van der Waals surface area contributed by atoms with E-state index in [0.717, 1.165) is 50.0 Å². The molecule has 3 N–H and O–H groups in total. The van der Waals surface area contributed by atoms with Crippen LogP contribution in [0.5, 0.6) is 0 Å². The highest BCUT2D eigenvalue weighted by atomic mass is 127. The van der Waals surface area contributed by atoms with Crippen molar-refractivity contribution in [3.05, 3.63) is 35.2 Å². The van der Waals surface area contributed by atoms with Gasteiger partial charge in [-0.2, -0.15) is 0 Å². The van der Waals surface area contributed by atoms with Gasteiger partial charge in [0.05, 0.1) is 6.54 Å². The van der Waals surface area contributed by atoms with E-state index in [0.29, 0.717) is 6.54 Å². The van der Waals surface area contributed by atoms with Gasteiger partial charge in [-0.25, -0.2) is 0 Å². The van der Waals surface area contributed by atoms with E-state index in [1.807, 2.05) is 12.1 Å². The third-order valence-electron chi connectivity index (χ3n) is 4.38. The van der Waals surface area contributed by atoms with Crippen LogP contribution in [0.2, 0.25) is 0 Å². The molecule has 0 radical (unpaired) electrons. The zero-order chi connectivity index (χ0) is 18.8. The van der Waals surface area contributed by atoms with Crippen molar-refractivity contribution in [3.8, 4) is 0 Å². The molecule has 0 aliphatic carbocycles. The number of aliphatic imine (C=N–C) groups is 1. The Bertz CT molecular complexity index is 654. The van der Waals surface area contributed by atoms with Crippen LogP contribution in [0.15, 0.2) is 35.3 Å². The van der Waals surface area contributed by atoms with Gasteiger partial charge < -0.3 is 20.6 Å². The zero-order valence-corrected chi connectivity index (χ0v) is 19.7. The monoisotopic (exact) mass is 504 g/mol. The topological polar surface area (TPSA) is 59.9 Å². The van der Waals surface area contributed by atoms with Crippen molar-refractivity contribution in [1.29, 1.82) is 0 Å². The van der Waals surface area contributed by atoms with Gasteiger partial charge in [0.25, 0.3) is 0 Å². The molecule has 1 aromatic heterocycles. The van der Waals surface area contributed by atoms with E-state index in [1.54, 1.807) is 11.3 Å². The first kappa shape index (κ1) is 24.1. The van der Waals surface area contributed by atoms with Crippen LogP contribution in [0, 0.1) is 0 Å². The summed E-state index contributed by atoms with van der Waals surface area (Å²) in [6.07, 6.45) is 0.504. The lowest BCUT2D eigenvalue weighted by molar-refractivity contribution is 0.191. The number of halogens is 1. The summed E-state index contributed by atoms with van der Waals surface area (Å²) in [5.41, 5.74) is 0. The summed E-state index contributed by atoms with van der Waals surface area (Å²) in [5, 5.41) is 18.3. The summed E-state index contributed by atoms with van der Waals surface area (Å²) in [7, 11) is 0.